The van der Waals surface area contributed by atoms with Crippen molar-refractivity contribution in [2.24, 2.45) is 0 Å². The van der Waals surface area contributed by atoms with E-state index >= 15 is 0 Å². The Labute approximate surface area is 126 Å². The fraction of sp³-hybridized carbons (Fsp3) is 0.118. The summed E-state index contributed by atoms with van der Waals surface area (Å²) in [5.74, 6) is -1.62. The summed E-state index contributed by atoms with van der Waals surface area (Å²) in [5.41, 5.74) is 1.69. The Morgan fingerprint density at radius 1 is 1.00 bits per heavy atom. The van der Waals surface area contributed by atoms with Crippen molar-refractivity contribution in [2.75, 3.05) is 0 Å². The Balaban J connectivity index is 1.92. The summed E-state index contributed by atoms with van der Waals surface area (Å²) >= 11 is 1.61. The van der Waals surface area contributed by atoms with Crippen LogP contribution in [0.4, 0.5) is 8.78 Å². The summed E-state index contributed by atoms with van der Waals surface area (Å²) in [6.07, 6.45) is 1.77. The molecule has 0 amide bonds. The fourth-order valence-corrected chi connectivity index (χ4v) is 3.30. The Kier molecular flexibility index (Phi) is 3.88. The van der Waals surface area contributed by atoms with Gasteiger partial charge in [0.1, 0.15) is 0 Å². The molecule has 0 saturated carbocycles. The molecule has 4 heteroatoms. The second kappa shape index (κ2) is 5.82. The zero-order chi connectivity index (χ0) is 14.8. The minimum absolute atomic E-state index is 0.0194. The van der Waals surface area contributed by atoms with E-state index in [0.717, 1.165) is 21.4 Å². The van der Waals surface area contributed by atoms with Crippen molar-refractivity contribution >= 4 is 22.7 Å². The second-order valence-electron chi connectivity index (χ2n) is 4.76. The van der Waals surface area contributed by atoms with Crippen molar-refractivity contribution in [3.8, 4) is 0 Å². The molecule has 0 fully saturated rings. The third kappa shape index (κ3) is 2.90. The number of aromatic nitrogens is 1. The number of hydrogen-bond donors (Lipinski definition) is 0. The lowest BCUT2D eigenvalue weighted by Crippen LogP contribution is -1.93. The highest BCUT2D eigenvalue weighted by atomic mass is 32.2. The number of rotatable bonds is 3. The summed E-state index contributed by atoms with van der Waals surface area (Å²) < 4.78 is 26.3. The molecule has 1 atom stereocenters. The number of pyridine rings is 1. The van der Waals surface area contributed by atoms with E-state index in [1.54, 1.807) is 24.0 Å². The first-order chi connectivity index (χ1) is 10.1. The van der Waals surface area contributed by atoms with Gasteiger partial charge in [-0.3, -0.25) is 4.98 Å². The number of hydrogen-bond acceptors (Lipinski definition) is 2. The number of nitrogens with zero attached hydrogens (tertiary/aromatic N) is 1. The molecule has 21 heavy (non-hydrogen) atoms. The van der Waals surface area contributed by atoms with Crippen LogP contribution in [0.1, 0.15) is 17.7 Å². The Bertz CT molecular complexity index is 783. The standard InChI is InChI=1S/C17H13F2NS/c1-11(12-6-7-14(18)15(19)10-12)21-17-8-9-20-16-5-3-2-4-13(16)17/h2-11H,1H3. The largest absolute Gasteiger partial charge is 0.256 e. The second-order valence-corrected chi connectivity index (χ2v) is 6.14. The molecule has 1 nitrogen and oxygen atoms in total. The van der Waals surface area contributed by atoms with Gasteiger partial charge in [0.05, 0.1) is 5.52 Å². The van der Waals surface area contributed by atoms with E-state index in [1.165, 1.54) is 12.1 Å². The Morgan fingerprint density at radius 2 is 1.81 bits per heavy atom. The first kappa shape index (κ1) is 14.0. The molecule has 1 aromatic heterocycles. The molecule has 1 heterocycles. The SMILES string of the molecule is CC(Sc1ccnc2ccccc12)c1ccc(F)c(F)c1. The topological polar surface area (TPSA) is 12.9 Å². The summed E-state index contributed by atoms with van der Waals surface area (Å²) in [7, 11) is 0. The van der Waals surface area contributed by atoms with Crippen LogP contribution in [0.25, 0.3) is 10.9 Å². The van der Waals surface area contributed by atoms with Crippen LogP contribution in [0.15, 0.2) is 59.6 Å². The van der Waals surface area contributed by atoms with Crippen LogP contribution in [0.3, 0.4) is 0 Å². The highest BCUT2D eigenvalue weighted by Crippen LogP contribution is 2.38. The van der Waals surface area contributed by atoms with Crippen molar-refractivity contribution in [1.82, 2.24) is 4.98 Å². The van der Waals surface area contributed by atoms with Gasteiger partial charge in [-0.05, 0) is 36.8 Å². The van der Waals surface area contributed by atoms with Crippen molar-refractivity contribution in [3.63, 3.8) is 0 Å². The summed E-state index contributed by atoms with van der Waals surface area (Å²) in [5, 5.41) is 1.09. The van der Waals surface area contributed by atoms with E-state index in [0.29, 0.717) is 0 Å². The fourth-order valence-electron chi connectivity index (χ4n) is 2.20. The van der Waals surface area contributed by atoms with Crippen molar-refractivity contribution < 1.29 is 8.78 Å². The van der Waals surface area contributed by atoms with Gasteiger partial charge in [0.2, 0.25) is 0 Å². The highest BCUT2D eigenvalue weighted by molar-refractivity contribution is 7.99. The minimum atomic E-state index is -0.815. The van der Waals surface area contributed by atoms with E-state index in [-0.39, 0.29) is 5.25 Å². The zero-order valence-corrected chi connectivity index (χ0v) is 12.2. The quantitative estimate of drug-likeness (QED) is 0.603. The zero-order valence-electron chi connectivity index (χ0n) is 11.4. The van der Waals surface area contributed by atoms with Gasteiger partial charge in [-0.15, -0.1) is 11.8 Å². The summed E-state index contributed by atoms with van der Waals surface area (Å²) in [6, 6.07) is 13.9. The number of benzene rings is 2. The van der Waals surface area contributed by atoms with Gasteiger partial charge in [0.15, 0.2) is 11.6 Å². The van der Waals surface area contributed by atoms with Gasteiger partial charge in [0, 0.05) is 21.7 Å². The van der Waals surface area contributed by atoms with Gasteiger partial charge < -0.3 is 0 Å². The lowest BCUT2D eigenvalue weighted by Gasteiger charge is -2.13. The van der Waals surface area contributed by atoms with Crippen LogP contribution >= 0.6 is 11.8 Å². The van der Waals surface area contributed by atoms with E-state index in [1.807, 2.05) is 37.3 Å². The maximum atomic E-state index is 13.3. The van der Waals surface area contributed by atoms with Gasteiger partial charge in [-0.2, -0.15) is 0 Å². The normalized spacial score (nSPS) is 12.5. The summed E-state index contributed by atoms with van der Waals surface area (Å²) in [6.45, 7) is 1.98. The molecule has 0 saturated heterocycles. The third-order valence-corrected chi connectivity index (χ3v) is 4.56. The van der Waals surface area contributed by atoms with E-state index in [2.05, 4.69) is 4.98 Å². The van der Waals surface area contributed by atoms with Crippen molar-refractivity contribution in [2.45, 2.75) is 17.1 Å². The molecule has 2 aromatic carbocycles. The highest BCUT2D eigenvalue weighted by Gasteiger charge is 2.12. The molecule has 0 bridgehead atoms. The minimum Gasteiger partial charge on any atom is -0.256 e. The molecular weight excluding hydrogens is 288 g/mol. The molecule has 0 aliphatic carbocycles. The lowest BCUT2D eigenvalue weighted by molar-refractivity contribution is 0.507. The molecule has 0 aliphatic heterocycles. The Morgan fingerprint density at radius 3 is 2.62 bits per heavy atom. The third-order valence-electron chi connectivity index (χ3n) is 3.33. The predicted molar refractivity (Wildman–Crippen MR) is 82.4 cm³/mol. The molecule has 0 radical (unpaired) electrons. The number of thioether (sulfide) groups is 1. The van der Waals surface area contributed by atoms with Gasteiger partial charge in [-0.25, -0.2) is 8.78 Å². The van der Waals surface area contributed by atoms with Crippen LogP contribution in [0.5, 0.6) is 0 Å². The maximum Gasteiger partial charge on any atom is 0.159 e. The number of para-hydroxylation sites is 1. The molecular formula is C17H13F2NS. The van der Waals surface area contributed by atoms with Crippen LogP contribution in [0, 0.1) is 11.6 Å². The van der Waals surface area contributed by atoms with Crippen molar-refractivity contribution in [1.29, 1.82) is 0 Å². The van der Waals surface area contributed by atoms with Crippen molar-refractivity contribution in [3.05, 3.63) is 71.9 Å². The first-order valence-electron chi connectivity index (χ1n) is 6.60. The van der Waals surface area contributed by atoms with E-state index < -0.39 is 11.6 Å². The monoisotopic (exact) mass is 301 g/mol. The van der Waals surface area contributed by atoms with E-state index in [9.17, 15) is 8.78 Å². The molecule has 106 valence electrons. The molecule has 0 N–H and O–H groups in total. The Hall–Kier alpha value is -1.94. The van der Waals surface area contributed by atoms with Gasteiger partial charge >= 0.3 is 0 Å². The van der Waals surface area contributed by atoms with Crippen LogP contribution < -0.4 is 0 Å². The average Bonchev–Trinajstić information content (AvgIpc) is 2.50. The maximum absolute atomic E-state index is 13.3. The smallest absolute Gasteiger partial charge is 0.159 e. The van der Waals surface area contributed by atoms with Crippen LogP contribution in [0.2, 0.25) is 0 Å². The predicted octanol–water partition coefficient (Wildman–Crippen LogP) is 5.37. The number of fused-ring (bicyclic) bond motifs is 1. The van der Waals surface area contributed by atoms with E-state index in [4.69, 9.17) is 0 Å². The van der Waals surface area contributed by atoms with Gasteiger partial charge in [-0.1, -0.05) is 24.3 Å². The van der Waals surface area contributed by atoms with Gasteiger partial charge in [0.25, 0.3) is 0 Å². The summed E-state index contributed by atoms with van der Waals surface area (Å²) in [4.78, 5) is 5.41. The lowest BCUT2D eigenvalue weighted by atomic mass is 10.1. The number of halogens is 2. The molecule has 0 aliphatic rings. The van der Waals surface area contributed by atoms with Crippen LogP contribution in [-0.4, -0.2) is 4.98 Å². The molecule has 3 rings (SSSR count). The molecule has 0 spiro atoms. The first-order valence-corrected chi connectivity index (χ1v) is 7.48. The average molecular weight is 301 g/mol. The molecule has 3 aromatic rings. The molecule has 1 unspecified atom stereocenters. The van der Waals surface area contributed by atoms with Crippen LogP contribution in [-0.2, 0) is 0 Å².